The van der Waals surface area contributed by atoms with Gasteiger partial charge in [0.2, 0.25) is 0 Å². The van der Waals surface area contributed by atoms with Gasteiger partial charge >= 0.3 is 6.09 Å². The molecule has 2 aromatic rings. The Morgan fingerprint density at radius 2 is 1.32 bits per heavy atom. The van der Waals surface area contributed by atoms with E-state index in [0.29, 0.717) is 0 Å². The van der Waals surface area contributed by atoms with Gasteiger partial charge < -0.3 is 19.3 Å². The molecule has 0 unspecified atom stereocenters. The van der Waals surface area contributed by atoms with Crippen LogP contribution in [0.1, 0.15) is 0 Å². The Morgan fingerprint density at radius 1 is 0.840 bits per heavy atom. The average Bonchev–Trinajstić information content (AvgIpc) is 2.69. The fourth-order valence-corrected chi connectivity index (χ4v) is 2.94. The van der Waals surface area contributed by atoms with Gasteiger partial charge in [0, 0.05) is 43.2 Å². The summed E-state index contributed by atoms with van der Waals surface area (Å²) in [4.78, 5) is 15.9. The summed E-state index contributed by atoms with van der Waals surface area (Å²) in [6.45, 7) is 3.84. The van der Waals surface area contributed by atoms with E-state index in [-0.39, 0.29) is 0 Å². The average molecular weight is 341 g/mol. The van der Waals surface area contributed by atoms with Crippen molar-refractivity contribution in [3.8, 4) is 5.75 Å². The highest BCUT2D eigenvalue weighted by molar-refractivity contribution is 5.84. The third-order valence-corrected chi connectivity index (χ3v) is 4.38. The Bertz CT molecular complexity index is 693. The number of methoxy groups -OCH3 is 2. The monoisotopic (exact) mass is 341 g/mol. The summed E-state index contributed by atoms with van der Waals surface area (Å²) >= 11 is 0. The maximum atomic E-state index is 11.2. The van der Waals surface area contributed by atoms with E-state index in [9.17, 15) is 4.79 Å². The summed E-state index contributed by atoms with van der Waals surface area (Å²) < 4.78 is 9.81. The highest BCUT2D eigenvalue weighted by Gasteiger charge is 2.17. The number of rotatable bonds is 4. The van der Waals surface area contributed by atoms with E-state index in [1.807, 2.05) is 36.4 Å². The number of amides is 1. The molecule has 0 spiro atoms. The zero-order valence-electron chi connectivity index (χ0n) is 14.6. The second-order valence-corrected chi connectivity index (χ2v) is 5.84. The van der Waals surface area contributed by atoms with Crippen LogP contribution in [-0.4, -0.2) is 46.5 Å². The van der Waals surface area contributed by atoms with Gasteiger partial charge in [-0.1, -0.05) is 0 Å². The molecule has 1 amide bonds. The molecule has 3 rings (SSSR count). The number of carbonyl (C=O) groups is 1. The number of nitrogens with zero attached hydrogens (tertiary/aromatic N) is 2. The minimum Gasteiger partial charge on any atom is -0.497 e. The third kappa shape index (κ3) is 4.15. The highest BCUT2D eigenvalue weighted by Crippen LogP contribution is 2.23. The van der Waals surface area contributed by atoms with Crippen molar-refractivity contribution in [1.82, 2.24) is 0 Å². The Hall–Kier alpha value is -2.89. The van der Waals surface area contributed by atoms with E-state index in [0.717, 1.165) is 43.3 Å². The topological polar surface area (TPSA) is 54.0 Å². The molecule has 1 heterocycles. The zero-order chi connectivity index (χ0) is 17.6. The molecule has 0 aromatic heterocycles. The minimum absolute atomic E-state index is 0.458. The van der Waals surface area contributed by atoms with E-state index >= 15 is 0 Å². The van der Waals surface area contributed by atoms with Crippen LogP contribution in [0.15, 0.2) is 48.5 Å². The first kappa shape index (κ1) is 17.0. The number of nitrogens with one attached hydrogen (secondary N) is 1. The van der Waals surface area contributed by atoms with E-state index in [4.69, 9.17) is 4.74 Å². The van der Waals surface area contributed by atoms with Crippen molar-refractivity contribution < 1.29 is 14.3 Å². The van der Waals surface area contributed by atoms with Gasteiger partial charge in [0.1, 0.15) is 5.75 Å². The number of hydrogen-bond acceptors (Lipinski definition) is 5. The van der Waals surface area contributed by atoms with Gasteiger partial charge in [0.05, 0.1) is 14.2 Å². The molecule has 1 saturated heterocycles. The van der Waals surface area contributed by atoms with E-state index in [1.165, 1.54) is 12.8 Å². The van der Waals surface area contributed by atoms with Crippen molar-refractivity contribution >= 4 is 23.2 Å². The number of piperazine rings is 1. The van der Waals surface area contributed by atoms with Crippen LogP contribution in [-0.2, 0) is 4.74 Å². The van der Waals surface area contributed by atoms with Gasteiger partial charge in [0.25, 0.3) is 0 Å². The first-order valence-electron chi connectivity index (χ1n) is 8.28. The molecule has 25 heavy (non-hydrogen) atoms. The predicted molar refractivity (Wildman–Crippen MR) is 99.9 cm³/mol. The van der Waals surface area contributed by atoms with Gasteiger partial charge in [-0.3, -0.25) is 5.32 Å². The molecular formula is C19H23N3O3. The maximum absolute atomic E-state index is 11.2. The molecular weight excluding hydrogens is 318 g/mol. The molecule has 1 fully saturated rings. The normalized spacial score (nSPS) is 14.2. The molecule has 1 aliphatic heterocycles. The van der Waals surface area contributed by atoms with Gasteiger partial charge in [-0.15, -0.1) is 0 Å². The van der Waals surface area contributed by atoms with Gasteiger partial charge in [-0.25, -0.2) is 4.79 Å². The van der Waals surface area contributed by atoms with Crippen LogP contribution in [0.4, 0.5) is 21.9 Å². The molecule has 1 aliphatic rings. The summed E-state index contributed by atoms with van der Waals surface area (Å²) in [6, 6.07) is 16.0. The summed E-state index contributed by atoms with van der Waals surface area (Å²) in [6.07, 6.45) is -0.458. The fraction of sp³-hybridized carbons (Fsp3) is 0.316. The number of benzene rings is 2. The lowest BCUT2D eigenvalue weighted by molar-refractivity contribution is 0.187. The second-order valence-electron chi connectivity index (χ2n) is 5.84. The minimum atomic E-state index is -0.458. The van der Waals surface area contributed by atoms with Crippen LogP contribution < -0.4 is 19.9 Å². The molecule has 0 aliphatic carbocycles. The number of anilines is 3. The Labute approximate surface area is 147 Å². The molecule has 0 radical (unpaired) electrons. The molecule has 132 valence electrons. The SMILES string of the molecule is COC(=O)Nc1ccc(N2CCN(c3ccc(OC)cc3)CC2)cc1. The van der Waals surface area contributed by atoms with Crippen LogP contribution in [0.25, 0.3) is 0 Å². The quantitative estimate of drug-likeness (QED) is 0.925. The summed E-state index contributed by atoms with van der Waals surface area (Å²) in [5.41, 5.74) is 3.11. The molecule has 6 nitrogen and oxygen atoms in total. The van der Waals surface area contributed by atoms with Crippen LogP contribution in [0, 0.1) is 0 Å². The first-order valence-corrected chi connectivity index (χ1v) is 8.28. The largest absolute Gasteiger partial charge is 0.497 e. The number of ether oxygens (including phenoxy) is 2. The molecule has 0 saturated carbocycles. The smallest absolute Gasteiger partial charge is 0.411 e. The first-order chi connectivity index (χ1) is 12.2. The van der Waals surface area contributed by atoms with Crippen LogP contribution >= 0.6 is 0 Å². The lowest BCUT2D eigenvalue weighted by Crippen LogP contribution is -2.46. The molecule has 1 N–H and O–H groups in total. The van der Waals surface area contributed by atoms with Crippen molar-refractivity contribution in [2.75, 3.05) is 55.5 Å². The fourth-order valence-electron chi connectivity index (χ4n) is 2.94. The molecule has 2 aromatic carbocycles. The maximum Gasteiger partial charge on any atom is 0.411 e. The van der Waals surface area contributed by atoms with Crippen LogP contribution in [0.3, 0.4) is 0 Å². The number of hydrogen-bond donors (Lipinski definition) is 1. The number of carbonyl (C=O) groups excluding carboxylic acids is 1. The summed E-state index contributed by atoms with van der Waals surface area (Å²) in [5, 5.41) is 2.66. The van der Waals surface area contributed by atoms with Crippen molar-refractivity contribution in [1.29, 1.82) is 0 Å². The lowest BCUT2D eigenvalue weighted by Gasteiger charge is -2.37. The van der Waals surface area contributed by atoms with Gasteiger partial charge in [-0.2, -0.15) is 0 Å². The second kappa shape index (κ2) is 7.79. The van der Waals surface area contributed by atoms with E-state index in [1.54, 1.807) is 7.11 Å². The van der Waals surface area contributed by atoms with Crippen LogP contribution in [0.5, 0.6) is 5.75 Å². The van der Waals surface area contributed by atoms with Crippen molar-refractivity contribution in [2.24, 2.45) is 0 Å². The van der Waals surface area contributed by atoms with Crippen molar-refractivity contribution in [3.05, 3.63) is 48.5 Å². The van der Waals surface area contributed by atoms with E-state index in [2.05, 4.69) is 32.0 Å². The van der Waals surface area contributed by atoms with Crippen LogP contribution in [0.2, 0.25) is 0 Å². The molecule has 6 heteroatoms. The predicted octanol–water partition coefficient (Wildman–Crippen LogP) is 3.20. The highest BCUT2D eigenvalue weighted by atomic mass is 16.5. The Balaban J connectivity index is 1.57. The van der Waals surface area contributed by atoms with Gasteiger partial charge in [-0.05, 0) is 48.5 Å². The Kier molecular flexibility index (Phi) is 5.28. The zero-order valence-corrected chi connectivity index (χ0v) is 14.6. The summed E-state index contributed by atoms with van der Waals surface area (Å²) in [5.74, 6) is 0.878. The van der Waals surface area contributed by atoms with Crippen molar-refractivity contribution in [3.63, 3.8) is 0 Å². The molecule has 0 atom stereocenters. The third-order valence-electron chi connectivity index (χ3n) is 4.38. The molecule has 0 bridgehead atoms. The summed E-state index contributed by atoms with van der Waals surface area (Å²) in [7, 11) is 3.03. The van der Waals surface area contributed by atoms with Crippen molar-refractivity contribution in [2.45, 2.75) is 0 Å². The lowest BCUT2D eigenvalue weighted by atomic mass is 10.2. The standard InChI is InChI=1S/C19H23N3O3/c1-24-18-9-7-17(8-10-18)22-13-11-21(12-14-22)16-5-3-15(4-6-16)20-19(23)25-2/h3-10H,11-14H2,1-2H3,(H,20,23). The van der Waals surface area contributed by atoms with Gasteiger partial charge in [0.15, 0.2) is 0 Å². The Morgan fingerprint density at radius 3 is 1.76 bits per heavy atom. The van der Waals surface area contributed by atoms with E-state index < -0.39 is 6.09 Å².